The molecule has 0 bridgehead atoms. The number of sulfonamides is 1. The van der Waals surface area contributed by atoms with Gasteiger partial charge in [0.05, 0.1) is 10.6 Å². The standard InChI is InChI=1S/C31H35Cl2N3O4S/c1-21-13-16-29(22(2)17-21)36(41(39,40)27-11-5-4-6-12-27)20-30(37)35(19-24-14-15-25(32)18-28(24)33)23(3)31(38)34-26-9-7-8-10-26/h4-6,11-18,23,26H,7-10,19-20H2,1-3H3,(H,34,38)/t23-/m0/s1. The Morgan fingerprint density at radius 1 is 0.976 bits per heavy atom. The van der Waals surface area contributed by atoms with Gasteiger partial charge in [-0.05, 0) is 75.1 Å². The van der Waals surface area contributed by atoms with Crippen molar-refractivity contribution in [2.75, 3.05) is 10.8 Å². The lowest BCUT2D eigenvalue weighted by atomic mass is 10.1. The topological polar surface area (TPSA) is 86.8 Å². The second-order valence-electron chi connectivity index (χ2n) is 10.5. The number of rotatable bonds is 10. The van der Waals surface area contributed by atoms with Gasteiger partial charge in [0.15, 0.2) is 0 Å². The summed E-state index contributed by atoms with van der Waals surface area (Å²) in [5.41, 5.74) is 2.65. The first-order valence-electron chi connectivity index (χ1n) is 13.7. The van der Waals surface area contributed by atoms with Crippen molar-refractivity contribution in [1.29, 1.82) is 0 Å². The number of halogens is 2. The fourth-order valence-corrected chi connectivity index (χ4v) is 7.09. The van der Waals surface area contributed by atoms with Crippen LogP contribution in [0.4, 0.5) is 5.69 Å². The van der Waals surface area contributed by atoms with Gasteiger partial charge in [0.2, 0.25) is 11.8 Å². The first-order valence-corrected chi connectivity index (χ1v) is 15.9. The number of benzene rings is 3. The van der Waals surface area contributed by atoms with Gasteiger partial charge in [0.25, 0.3) is 10.0 Å². The second-order valence-corrected chi connectivity index (χ2v) is 13.2. The molecule has 1 atom stereocenters. The average molecular weight is 617 g/mol. The van der Waals surface area contributed by atoms with Crippen LogP contribution in [0, 0.1) is 13.8 Å². The van der Waals surface area contributed by atoms with Crippen LogP contribution in [0.1, 0.15) is 49.3 Å². The molecule has 0 spiro atoms. The molecule has 3 aromatic rings. The molecule has 2 amide bonds. The van der Waals surface area contributed by atoms with Crippen LogP contribution in [0.15, 0.2) is 71.6 Å². The van der Waals surface area contributed by atoms with Crippen molar-refractivity contribution in [3.05, 3.63) is 93.5 Å². The van der Waals surface area contributed by atoms with Crippen LogP contribution >= 0.6 is 23.2 Å². The first-order chi connectivity index (χ1) is 19.5. The van der Waals surface area contributed by atoms with E-state index in [1.165, 1.54) is 17.0 Å². The van der Waals surface area contributed by atoms with Gasteiger partial charge >= 0.3 is 0 Å². The van der Waals surface area contributed by atoms with Crippen molar-refractivity contribution in [3.8, 4) is 0 Å². The third-order valence-corrected chi connectivity index (χ3v) is 9.82. The van der Waals surface area contributed by atoms with E-state index in [0.717, 1.165) is 35.6 Å². The minimum absolute atomic E-state index is 0.000192. The smallest absolute Gasteiger partial charge is 0.264 e. The number of amides is 2. The molecule has 218 valence electrons. The van der Waals surface area contributed by atoms with Crippen molar-refractivity contribution in [2.45, 2.75) is 70.0 Å². The van der Waals surface area contributed by atoms with E-state index >= 15 is 0 Å². The summed E-state index contributed by atoms with van der Waals surface area (Å²) in [6, 6.07) is 17.5. The molecule has 3 aromatic carbocycles. The van der Waals surface area contributed by atoms with Crippen molar-refractivity contribution < 1.29 is 18.0 Å². The fourth-order valence-electron chi connectivity index (χ4n) is 5.13. The van der Waals surface area contributed by atoms with E-state index in [9.17, 15) is 18.0 Å². The van der Waals surface area contributed by atoms with Crippen LogP contribution in [-0.4, -0.2) is 43.8 Å². The molecule has 1 aliphatic rings. The average Bonchev–Trinajstić information content (AvgIpc) is 3.44. The van der Waals surface area contributed by atoms with E-state index in [2.05, 4.69) is 5.32 Å². The van der Waals surface area contributed by atoms with Crippen LogP contribution in [0.3, 0.4) is 0 Å². The maximum Gasteiger partial charge on any atom is 0.264 e. The highest BCUT2D eigenvalue weighted by molar-refractivity contribution is 7.92. The van der Waals surface area contributed by atoms with Gasteiger partial charge in [-0.2, -0.15) is 0 Å². The lowest BCUT2D eigenvalue weighted by Gasteiger charge is -2.33. The number of carbonyl (C=O) groups excluding carboxylic acids is 2. The molecule has 0 aromatic heterocycles. The largest absolute Gasteiger partial charge is 0.352 e. The third kappa shape index (κ3) is 7.42. The van der Waals surface area contributed by atoms with Crippen molar-refractivity contribution in [1.82, 2.24) is 10.2 Å². The van der Waals surface area contributed by atoms with E-state index in [1.54, 1.807) is 49.4 Å². The summed E-state index contributed by atoms with van der Waals surface area (Å²) >= 11 is 12.6. The SMILES string of the molecule is Cc1ccc(N(CC(=O)N(Cc2ccc(Cl)cc2Cl)[C@@H](C)C(=O)NC2CCCC2)S(=O)(=O)c2ccccc2)c(C)c1. The molecule has 0 heterocycles. The van der Waals surface area contributed by atoms with Gasteiger partial charge in [-0.3, -0.25) is 13.9 Å². The van der Waals surface area contributed by atoms with E-state index in [1.807, 2.05) is 26.0 Å². The zero-order valence-electron chi connectivity index (χ0n) is 23.4. The summed E-state index contributed by atoms with van der Waals surface area (Å²) in [5.74, 6) is -0.830. The quantitative estimate of drug-likeness (QED) is 0.291. The number of carbonyl (C=O) groups is 2. The van der Waals surface area contributed by atoms with Crippen LogP contribution in [-0.2, 0) is 26.2 Å². The summed E-state index contributed by atoms with van der Waals surface area (Å²) < 4.78 is 29.0. The minimum atomic E-state index is -4.13. The Hall–Kier alpha value is -3.07. The monoisotopic (exact) mass is 615 g/mol. The molecule has 1 aliphatic carbocycles. The highest BCUT2D eigenvalue weighted by atomic mass is 35.5. The number of anilines is 1. The Bertz CT molecular complexity index is 1510. The molecule has 0 radical (unpaired) electrons. The van der Waals surface area contributed by atoms with Gasteiger partial charge in [-0.25, -0.2) is 8.42 Å². The van der Waals surface area contributed by atoms with Crippen molar-refractivity contribution in [2.24, 2.45) is 0 Å². The molecule has 1 saturated carbocycles. The van der Waals surface area contributed by atoms with Gasteiger partial charge in [0.1, 0.15) is 12.6 Å². The lowest BCUT2D eigenvalue weighted by molar-refractivity contribution is -0.139. The molecule has 41 heavy (non-hydrogen) atoms. The van der Waals surface area contributed by atoms with Gasteiger partial charge in [-0.15, -0.1) is 0 Å². The molecular weight excluding hydrogens is 581 g/mol. The molecule has 1 fully saturated rings. The van der Waals surface area contributed by atoms with Crippen molar-refractivity contribution in [3.63, 3.8) is 0 Å². The maximum atomic E-state index is 14.1. The molecule has 4 rings (SSSR count). The van der Waals surface area contributed by atoms with Gasteiger partial charge < -0.3 is 10.2 Å². The number of nitrogens with one attached hydrogen (secondary N) is 1. The van der Waals surface area contributed by atoms with Crippen LogP contribution in [0.2, 0.25) is 10.0 Å². The van der Waals surface area contributed by atoms with E-state index < -0.39 is 28.5 Å². The lowest BCUT2D eigenvalue weighted by Crippen LogP contribution is -2.52. The Labute approximate surface area is 252 Å². The molecule has 10 heteroatoms. The van der Waals surface area contributed by atoms with Crippen LogP contribution in [0.25, 0.3) is 0 Å². The zero-order chi connectivity index (χ0) is 29.7. The molecule has 0 aliphatic heterocycles. The Morgan fingerprint density at radius 3 is 2.29 bits per heavy atom. The number of hydrogen-bond donors (Lipinski definition) is 1. The summed E-state index contributed by atoms with van der Waals surface area (Å²) in [4.78, 5) is 28.9. The molecule has 0 saturated heterocycles. The van der Waals surface area contributed by atoms with Crippen LogP contribution in [0.5, 0.6) is 0 Å². The van der Waals surface area contributed by atoms with Gasteiger partial charge in [0, 0.05) is 22.6 Å². The molecule has 1 N–H and O–H groups in total. The number of aryl methyl sites for hydroxylation is 2. The van der Waals surface area contributed by atoms with Gasteiger partial charge in [-0.1, -0.05) is 78.0 Å². The predicted molar refractivity (Wildman–Crippen MR) is 164 cm³/mol. The first kappa shape index (κ1) is 30.9. The second kappa shape index (κ2) is 13.3. The molecule has 0 unspecified atom stereocenters. The Morgan fingerprint density at radius 2 is 1.66 bits per heavy atom. The van der Waals surface area contributed by atoms with E-state index in [0.29, 0.717) is 26.9 Å². The Kier molecular flexibility index (Phi) is 10.00. The zero-order valence-corrected chi connectivity index (χ0v) is 25.8. The summed E-state index contributed by atoms with van der Waals surface area (Å²) in [5, 5.41) is 3.85. The maximum absolute atomic E-state index is 14.1. The van der Waals surface area contributed by atoms with E-state index in [4.69, 9.17) is 23.2 Å². The fraction of sp³-hybridized carbons (Fsp3) is 0.355. The highest BCUT2D eigenvalue weighted by Crippen LogP contribution is 2.29. The normalized spacial score (nSPS) is 14.5. The number of nitrogens with zero attached hydrogens (tertiary/aromatic N) is 2. The molecular formula is C31H35Cl2N3O4S. The Balaban J connectivity index is 1.72. The minimum Gasteiger partial charge on any atom is -0.352 e. The highest BCUT2D eigenvalue weighted by Gasteiger charge is 2.34. The third-order valence-electron chi connectivity index (χ3n) is 7.46. The molecule has 7 nitrogen and oxygen atoms in total. The number of hydrogen-bond acceptors (Lipinski definition) is 4. The summed E-state index contributed by atoms with van der Waals surface area (Å²) in [6.07, 6.45) is 3.88. The summed E-state index contributed by atoms with van der Waals surface area (Å²) in [6.45, 7) is 4.87. The van der Waals surface area contributed by atoms with Crippen LogP contribution < -0.4 is 9.62 Å². The summed E-state index contributed by atoms with van der Waals surface area (Å²) in [7, 11) is -4.13. The predicted octanol–water partition coefficient (Wildman–Crippen LogP) is 6.28. The van der Waals surface area contributed by atoms with E-state index in [-0.39, 0.29) is 23.4 Å². The van der Waals surface area contributed by atoms with Crippen molar-refractivity contribution >= 4 is 50.7 Å².